The molecule has 0 spiro atoms. The van der Waals surface area contributed by atoms with Crippen LogP contribution in [0, 0.1) is 0 Å². The van der Waals surface area contributed by atoms with Crippen molar-refractivity contribution in [2.24, 2.45) is 0 Å². The third kappa shape index (κ3) is 8.71. The van der Waals surface area contributed by atoms with Gasteiger partial charge in [0.25, 0.3) is 0 Å². The van der Waals surface area contributed by atoms with Gasteiger partial charge in [-0.15, -0.1) is 0 Å². The fraction of sp³-hybridized carbons (Fsp3) is 0.462. The van der Waals surface area contributed by atoms with E-state index in [9.17, 15) is 18.0 Å². The lowest BCUT2D eigenvalue weighted by molar-refractivity contribution is -0.141. The molecule has 2 amide bonds. The second-order valence-corrected chi connectivity index (χ2v) is 11.2. The molecule has 0 aliphatic rings. The Hall–Kier alpha value is -2.78. The average Bonchev–Trinajstić information content (AvgIpc) is 2.81. The Labute approximate surface area is 219 Å². The number of amides is 2. The lowest BCUT2D eigenvalue weighted by Gasteiger charge is -2.31. The van der Waals surface area contributed by atoms with Crippen LogP contribution in [0.4, 0.5) is 5.69 Å². The van der Waals surface area contributed by atoms with Crippen LogP contribution in [0.3, 0.4) is 0 Å². The summed E-state index contributed by atoms with van der Waals surface area (Å²) in [6.45, 7) is 5.97. The van der Waals surface area contributed by atoms with Gasteiger partial charge >= 0.3 is 0 Å². The van der Waals surface area contributed by atoms with Crippen LogP contribution in [0.25, 0.3) is 0 Å². The molecule has 0 fully saturated rings. The van der Waals surface area contributed by atoms with Gasteiger partial charge < -0.3 is 15.0 Å². The van der Waals surface area contributed by atoms with Gasteiger partial charge in [-0.2, -0.15) is 0 Å². The average molecular weight is 538 g/mol. The first-order chi connectivity index (χ1) is 17.0. The maximum absolute atomic E-state index is 13.4. The van der Waals surface area contributed by atoms with Gasteiger partial charge in [-0.05, 0) is 68.7 Å². The number of nitrogens with one attached hydrogen (secondary N) is 1. The molecule has 0 bridgehead atoms. The van der Waals surface area contributed by atoms with E-state index in [1.54, 1.807) is 41.3 Å². The Bertz CT molecular complexity index is 1110. The van der Waals surface area contributed by atoms with E-state index in [2.05, 4.69) is 5.32 Å². The zero-order chi connectivity index (χ0) is 26.9. The van der Waals surface area contributed by atoms with Gasteiger partial charge in [0.2, 0.25) is 21.8 Å². The SMILES string of the molecule is CCC(C(=O)NC(C)C)N(Cc1ccc(Cl)cc1)C(=O)CCCN(c1ccc(OC)cc1)S(C)(=O)=O. The molecule has 1 N–H and O–H groups in total. The van der Waals surface area contributed by atoms with Crippen LogP contribution in [0.5, 0.6) is 5.75 Å². The molecular formula is C26H36ClN3O5S. The fourth-order valence-corrected chi connectivity index (χ4v) is 4.93. The molecule has 0 radical (unpaired) electrons. The molecule has 2 aromatic rings. The standard InChI is InChI=1S/C26H36ClN3O5S/c1-6-24(26(32)28-19(2)3)29(18-20-9-11-21(27)12-10-20)25(31)8-7-17-30(36(5,33)34)22-13-15-23(35-4)16-14-22/h9-16,19,24H,6-8,17-18H2,1-5H3,(H,28,32). The smallest absolute Gasteiger partial charge is 0.243 e. The number of ether oxygens (including phenoxy) is 1. The maximum atomic E-state index is 13.4. The summed E-state index contributed by atoms with van der Waals surface area (Å²) in [4.78, 5) is 27.9. The zero-order valence-electron chi connectivity index (χ0n) is 21.5. The molecule has 1 unspecified atom stereocenters. The van der Waals surface area contributed by atoms with E-state index in [4.69, 9.17) is 16.3 Å². The van der Waals surface area contributed by atoms with E-state index in [-0.39, 0.29) is 43.8 Å². The van der Waals surface area contributed by atoms with Gasteiger partial charge in [-0.1, -0.05) is 30.7 Å². The molecule has 2 rings (SSSR count). The molecule has 198 valence electrons. The van der Waals surface area contributed by atoms with Crippen LogP contribution in [0.2, 0.25) is 5.02 Å². The van der Waals surface area contributed by atoms with Crippen LogP contribution >= 0.6 is 11.6 Å². The second kappa shape index (κ2) is 13.5. The molecule has 0 saturated carbocycles. The van der Waals surface area contributed by atoms with E-state index in [0.717, 1.165) is 11.8 Å². The highest BCUT2D eigenvalue weighted by atomic mass is 35.5. The molecule has 0 saturated heterocycles. The highest BCUT2D eigenvalue weighted by Crippen LogP contribution is 2.23. The van der Waals surface area contributed by atoms with Crippen LogP contribution in [-0.4, -0.2) is 57.1 Å². The van der Waals surface area contributed by atoms with Crippen molar-refractivity contribution in [1.29, 1.82) is 0 Å². The number of carbonyl (C=O) groups excluding carboxylic acids is 2. The van der Waals surface area contributed by atoms with E-state index in [1.807, 2.05) is 32.9 Å². The molecular weight excluding hydrogens is 502 g/mol. The number of benzene rings is 2. The Morgan fingerprint density at radius 3 is 2.17 bits per heavy atom. The molecule has 2 aromatic carbocycles. The van der Waals surface area contributed by atoms with E-state index in [0.29, 0.717) is 22.9 Å². The normalized spacial score (nSPS) is 12.2. The number of hydrogen-bond acceptors (Lipinski definition) is 5. The van der Waals surface area contributed by atoms with Crippen LogP contribution in [0.1, 0.15) is 45.6 Å². The first kappa shape index (κ1) is 29.5. The molecule has 1 atom stereocenters. The summed E-state index contributed by atoms with van der Waals surface area (Å²) in [5.41, 5.74) is 1.34. The van der Waals surface area contributed by atoms with E-state index < -0.39 is 16.1 Å². The van der Waals surface area contributed by atoms with Crippen molar-refractivity contribution in [3.63, 3.8) is 0 Å². The van der Waals surface area contributed by atoms with Crippen LogP contribution < -0.4 is 14.4 Å². The molecule has 10 heteroatoms. The highest BCUT2D eigenvalue weighted by molar-refractivity contribution is 7.92. The first-order valence-electron chi connectivity index (χ1n) is 11.9. The van der Waals surface area contributed by atoms with Crippen molar-refractivity contribution in [2.75, 3.05) is 24.2 Å². The Balaban J connectivity index is 2.20. The molecule has 0 heterocycles. The number of nitrogens with zero attached hydrogens (tertiary/aromatic N) is 2. The van der Waals surface area contributed by atoms with Gasteiger partial charge in [0.1, 0.15) is 11.8 Å². The van der Waals surface area contributed by atoms with Crippen molar-refractivity contribution in [1.82, 2.24) is 10.2 Å². The summed E-state index contributed by atoms with van der Waals surface area (Å²) in [6.07, 6.45) is 1.95. The summed E-state index contributed by atoms with van der Waals surface area (Å²) in [7, 11) is -2.03. The Morgan fingerprint density at radius 2 is 1.67 bits per heavy atom. The molecule has 36 heavy (non-hydrogen) atoms. The summed E-state index contributed by atoms with van der Waals surface area (Å²) in [5, 5.41) is 3.48. The van der Waals surface area contributed by atoms with Crippen molar-refractivity contribution in [2.45, 2.75) is 58.7 Å². The quantitative estimate of drug-likeness (QED) is 0.412. The van der Waals surface area contributed by atoms with Crippen LogP contribution in [0.15, 0.2) is 48.5 Å². The van der Waals surface area contributed by atoms with Crippen molar-refractivity contribution >= 4 is 39.1 Å². The third-order valence-corrected chi connectivity index (χ3v) is 7.04. The number of sulfonamides is 1. The summed E-state index contributed by atoms with van der Waals surface area (Å²) < 4.78 is 31.3. The van der Waals surface area contributed by atoms with E-state index in [1.165, 1.54) is 11.4 Å². The number of halogens is 1. The first-order valence-corrected chi connectivity index (χ1v) is 14.1. The van der Waals surface area contributed by atoms with Crippen LogP contribution in [-0.2, 0) is 26.2 Å². The fourth-order valence-electron chi connectivity index (χ4n) is 3.84. The van der Waals surface area contributed by atoms with Gasteiger partial charge in [-0.25, -0.2) is 8.42 Å². The van der Waals surface area contributed by atoms with E-state index >= 15 is 0 Å². The minimum Gasteiger partial charge on any atom is -0.497 e. The second-order valence-electron chi connectivity index (χ2n) is 8.87. The molecule has 0 aliphatic heterocycles. The summed E-state index contributed by atoms with van der Waals surface area (Å²) in [5.74, 6) is 0.176. The van der Waals surface area contributed by atoms with Gasteiger partial charge in [0, 0.05) is 30.6 Å². The monoisotopic (exact) mass is 537 g/mol. The molecule has 0 aromatic heterocycles. The molecule has 8 nitrogen and oxygen atoms in total. The highest BCUT2D eigenvalue weighted by Gasteiger charge is 2.29. The largest absolute Gasteiger partial charge is 0.497 e. The number of hydrogen-bond donors (Lipinski definition) is 1. The topological polar surface area (TPSA) is 96.0 Å². The van der Waals surface area contributed by atoms with Crippen molar-refractivity contribution in [3.8, 4) is 5.75 Å². The maximum Gasteiger partial charge on any atom is 0.243 e. The lowest BCUT2D eigenvalue weighted by Crippen LogP contribution is -2.50. The summed E-state index contributed by atoms with van der Waals surface area (Å²) in [6, 6.07) is 13.1. The predicted octanol–water partition coefficient (Wildman–Crippen LogP) is 4.23. The molecule has 0 aliphatic carbocycles. The lowest BCUT2D eigenvalue weighted by atomic mass is 10.1. The Morgan fingerprint density at radius 1 is 1.06 bits per heavy atom. The third-order valence-electron chi connectivity index (χ3n) is 5.60. The van der Waals surface area contributed by atoms with Gasteiger partial charge in [0.15, 0.2) is 0 Å². The minimum atomic E-state index is -3.57. The van der Waals surface area contributed by atoms with Gasteiger partial charge in [0.05, 0.1) is 19.1 Å². The zero-order valence-corrected chi connectivity index (χ0v) is 23.1. The Kier molecular flexibility index (Phi) is 11.0. The minimum absolute atomic E-state index is 0.0631. The predicted molar refractivity (Wildman–Crippen MR) is 144 cm³/mol. The van der Waals surface area contributed by atoms with Crippen molar-refractivity contribution < 1.29 is 22.7 Å². The van der Waals surface area contributed by atoms with Gasteiger partial charge in [-0.3, -0.25) is 13.9 Å². The number of rotatable bonds is 13. The summed E-state index contributed by atoms with van der Waals surface area (Å²) >= 11 is 6.01. The number of methoxy groups -OCH3 is 1. The van der Waals surface area contributed by atoms with Crippen molar-refractivity contribution in [3.05, 3.63) is 59.1 Å². The number of carbonyl (C=O) groups is 2. The number of anilines is 1.